The Morgan fingerprint density at radius 3 is 2.00 bits per heavy atom. The highest BCUT2D eigenvalue weighted by molar-refractivity contribution is 5.15. The molecule has 2 aliphatic rings. The fourth-order valence-corrected chi connectivity index (χ4v) is 3.01. The molecule has 0 N–H and O–H groups in total. The number of terminal acetylenes is 1. The van der Waals surface area contributed by atoms with Gasteiger partial charge in [-0.3, -0.25) is 4.90 Å². The first-order valence-corrected chi connectivity index (χ1v) is 6.10. The summed E-state index contributed by atoms with van der Waals surface area (Å²) in [4.78, 5) is 2.59. The molecule has 0 unspecified atom stereocenters. The minimum atomic E-state index is 0.151. The smallest absolute Gasteiger partial charge is 0.0823 e. The highest BCUT2D eigenvalue weighted by Gasteiger charge is 2.36. The fourth-order valence-electron chi connectivity index (χ4n) is 3.01. The number of nitrogens with zero attached hydrogens (tertiary/aromatic N) is 1. The minimum Gasteiger partial charge on any atom is -0.287 e. The molecule has 0 atom stereocenters. The van der Waals surface area contributed by atoms with Gasteiger partial charge in [-0.15, -0.1) is 6.42 Å². The molecule has 1 saturated heterocycles. The topological polar surface area (TPSA) is 3.24 Å². The van der Waals surface area contributed by atoms with Crippen molar-refractivity contribution in [3.8, 4) is 12.3 Å². The third kappa shape index (κ3) is 1.81. The Bertz CT molecular complexity index is 214. The molecule has 2 rings (SSSR count). The van der Waals surface area contributed by atoms with Crippen molar-refractivity contribution in [2.75, 3.05) is 13.1 Å². The summed E-state index contributed by atoms with van der Waals surface area (Å²) in [5, 5.41) is 0. The van der Waals surface area contributed by atoms with E-state index in [0.717, 1.165) is 0 Å². The van der Waals surface area contributed by atoms with Gasteiger partial charge in [0.1, 0.15) is 0 Å². The predicted molar refractivity (Wildman–Crippen MR) is 60.1 cm³/mol. The van der Waals surface area contributed by atoms with Crippen LogP contribution in [0.1, 0.15) is 51.4 Å². The predicted octanol–water partition coefficient (Wildman–Crippen LogP) is 2.81. The van der Waals surface area contributed by atoms with Gasteiger partial charge >= 0.3 is 0 Å². The van der Waals surface area contributed by atoms with E-state index in [9.17, 15) is 0 Å². The Morgan fingerprint density at radius 1 is 0.857 bits per heavy atom. The van der Waals surface area contributed by atoms with Gasteiger partial charge in [0.05, 0.1) is 5.54 Å². The molecule has 14 heavy (non-hydrogen) atoms. The lowest BCUT2D eigenvalue weighted by molar-refractivity contribution is 0.0794. The van der Waals surface area contributed by atoms with E-state index in [0.29, 0.717) is 0 Å². The van der Waals surface area contributed by atoms with Crippen LogP contribution in [0.15, 0.2) is 0 Å². The second-order valence-electron chi connectivity index (χ2n) is 4.78. The molecule has 0 aromatic heterocycles. The summed E-state index contributed by atoms with van der Waals surface area (Å²) in [5.74, 6) is 3.11. The summed E-state index contributed by atoms with van der Waals surface area (Å²) in [7, 11) is 0. The zero-order chi connectivity index (χ0) is 9.86. The highest BCUT2D eigenvalue weighted by Crippen LogP contribution is 2.34. The molecule has 1 heterocycles. The number of piperidine rings is 1. The summed E-state index contributed by atoms with van der Waals surface area (Å²) < 4.78 is 0. The zero-order valence-electron chi connectivity index (χ0n) is 9.10. The molecule has 1 aliphatic heterocycles. The summed E-state index contributed by atoms with van der Waals surface area (Å²) >= 11 is 0. The van der Waals surface area contributed by atoms with Crippen LogP contribution in [0.4, 0.5) is 0 Å². The van der Waals surface area contributed by atoms with Gasteiger partial charge in [-0.1, -0.05) is 31.6 Å². The molecule has 1 heteroatoms. The summed E-state index contributed by atoms with van der Waals surface area (Å²) in [6, 6.07) is 0. The maximum absolute atomic E-state index is 5.78. The Hall–Kier alpha value is -0.480. The van der Waals surface area contributed by atoms with Crippen LogP contribution >= 0.6 is 0 Å². The summed E-state index contributed by atoms with van der Waals surface area (Å²) in [6.07, 6.45) is 16.4. The third-order valence-electron chi connectivity index (χ3n) is 3.91. The molecule has 0 bridgehead atoms. The van der Waals surface area contributed by atoms with Crippen LogP contribution in [0, 0.1) is 12.3 Å². The van der Waals surface area contributed by atoms with Gasteiger partial charge < -0.3 is 0 Å². The number of hydrogen-bond donors (Lipinski definition) is 0. The average Bonchev–Trinajstić information content (AvgIpc) is 2.31. The van der Waals surface area contributed by atoms with Gasteiger partial charge in [0, 0.05) is 0 Å². The van der Waals surface area contributed by atoms with Crippen molar-refractivity contribution < 1.29 is 0 Å². The molecule has 2 fully saturated rings. The van der Waals surface area contributed by atoms with E-state index in [1.807, 2.05) is 0 Å². The van der Waals surface area contributed by atoms with Gasteiger partial charge in [-0.25, -0.2) is 0 Å². The van der Waals surface area contributed by atoms with E-state index in [2.05, 4.69) is 10.8 Å². The molecular formula is C13H21N. The van der Waals surface area contributed by atoms with Crippen LogP contribution in [-0.2, 0) is 0 Å². The third-order valence-corrected chi connectivity index (χ3v) is 3.91. The van der Waals surface area contributed by atoms with Crippen LogP contribution in [0.2, 0.25) is 0 Å². The van der Waals surface area contributed by atoms with Crippen molar-refractivity contribution in [3.63, 3.8) is 0 Å². The first kappa shape index (κ1) is 10.1. The Morgan fingerprint density at radius 2 is 1.43 bits per heavy atom. The lowest BCUT2D eigenvalue weighted by Crippen LogP contribution is -2.51. The molecule has 1 aliphatic carbocycles. The minimum absolute atomic E-state index is 0.151. The quantitative estimate of drug-likeness (QED) is 0.576. The van der Waals surface area contributed by atoms with Gasteiger partial charge in [0.2, 0.25) is 0 Å². The van der Waals surface area contributed by atoms with E-state index >= 15 is 0 Å². The lowest BCUT2D eigenvalue weighted by atomic mass is 9.80. The van der Waals surface area contributed by atoms with Crippen molar-refractivity contribution in [2.45, 2.75) is 56.9 Å². The molecule has 0 aromatic carbocycles. The van der Waals surface area contributed by atoms with Crippen molar-refractivity contribution in [1.29, 1.82) is 0 Å². The largest absolute Gasteiger partial charge is 0.287 e. The summed E-state index contributed by atoms with van der Waals surface area (Å²) in [6.45, 7) is 2.48. The van der Waals surface area contributed by atoms with E-state index in [-0.39, 0.29) is 5.54 Å². The molecule has 0 amide bonds. The maximum atomic E-state index is 5.78. The van der Waals surface area contributed by atoms with Crippen LogP contribution in [0.3, 0.4) is 0 Å². The van der Waals surface area contributed by atoms with Crippen molar-refractivity contribution in [2.24, 2.45) is 0 Å². The number of rotatable bonds is 1. The molecule has 0 radical (unpaired) electrons. The SMILES string of the molecule is C#CC1(N2CCCCC2)CCCCC1. The maximum Gasteiger partial charge on any atom is 0.0823 e. The van der Waals surface area contributed by atoms with Crippen molar-refractivity contribution >= 4 is 0 Å². The molecule has 1 saturated carbocycles. The van der Waals surface area contributed by atoms with Crippen LogP contribution in [0.25, 0.3) is 0 Å². The number of likely N-dealkylation sites (tertiary alicyclic amines) is 1. The van der Waals surface area contributed by atoms with Crippen LogP contribution < -0.4 is 0 Å². The molecule has 78 valence electrons. The average molecular weight is 191 g/mol. The monoisotopic (exact) mass is 191 g/mol. The van der Waals surface area contributed by atoms with Crippen LogP contribution in [0.5, 0.6) is 0 Å². The van der Waals surface area contributed by atoms with Gasteiger partial charge in [-0.05, 0) is 38.8 Å². The second kappa shape index (κ2) is 4.36. The van der Waals surface area contributed by atoms with Crippen molar-refractivity contribution in [3.05, 3.63) is 0 Å². The molecule has 0 spiro atoms. The highest BCUT2D eigenvalue weighted by atomic mass is 15.2. The van der Waals surface area contributed by atoms with E-state index in [1.54, 1.807) is 0 Å². The lowest BCUT2D eigenvalue weighted by Gasteiger charge is -2.44. The zero-order valence-corrected chi connectivity index (χ0v) is 9.10. The number of hydrogen-bond acceptors (Lipinski definition) is 1. The van der Waals surface area contributed by atoms with E-state index in [4.69, 9.17) is 6.42 Å². The normalized spacial score (nSPS) is 28.2. The molecule has 1 nitrogen and oxygen atoms in total. The second-order valence-corrected chi connectivity index (χ2v) is 4.78. The standard InChI is InChI=1S/C13H21N/c1-2-13(9-5-3-6-10-13)14-11-7-4-8-12-14/h1H,3-12H2. The summed E-state index contributed by atoms with van der Waals surface area (Å²) in [5.41, 5.74) is 0.151. The molecule has 0 aromatic rings. The fraction of sp³-hybridized carbons (Fsp3) is 0.846. The van der Waals surface area contributed by atoms with Gasteiger partial charge in [0.25, 0.3) is 0 Å². The van der Waals surface area contributed by atoms with E-state index in [1.165, 1.54) is 64.5 Å². The van der Waals surface area contributed by atoms with Gasteiger partial charge in [0.15, 0.2) is 0 Å². The Balaban J connectivity index is 2.06. The molecular weight excluding hydrogens is 170 g/mol. The Labute approximate surface area is 87.9 Å². The van der Waals surface area contributed by atoms with E-state index < -0.39 is 0 Å². The van der Waals surface area contributed by atoms with Crippen LogP contribution in [-0.4, -0.2) is 23.5 Å². The Kier molecular flexibility index (Phi) is 3.13. The first-order valence-electron chi connectivity index (χ1n) is 6.10. The van der Waals surface area contributed by atoms with Gasteiger partial charge in [-0.2, -0.15) is 0 Å². The van der Waals surface area contributed by atoms with Crippen molar-refractivity contribution in [1.82, 2.24) is 4.90 Å². The first-order chi connectivity index (χ1) is 6.87.